The molecule has 0 aliphatic heterocycles. The number of primary amides is 1. The van der Waals surface area contributed by atoms with E-state index >= 15 is 0 Å². The second-order valence-corrected chi connectivity index (χ2v) is 6.57. The number of pyridine rings is 2. The fourth-order valence-electron chi connectivity index (χ4n) is 3.16. The summed E-state index contributed by atoms with van der Waals surface area (Å²) in [5.74, 6) is -5.12. The van der Waals surface area contributed by atoms with Crippen LogP contribution in [-0.4, -0.2) is 15.5 Å². The van der Waals surface area contributed by atoms with Gasteiger partial charge in [-0.05, 0) is 38.1 Å². The molecule has 29 heavy (non-hydrogen) atoms. The molecule has 6 nitrogen and oxygen atoms in total. The Morgan fingerprint density at radius 3 is 2.48 bits per heavy atom. The highest BCUT2D eigenvalue weighted by Gasteiger charge is 2.25. The Balaban J connectivity index is 2.38. The molecule has 2 heterocycles. The standard InChI is InChI=1S/C20H15F3N4O2/c1-9(19(25)28)12-6-13-16(4-3-14(21)17(13)23)27(20(12)29)10(2)18-15(22)5-11(7-24)8-26-18/h3-6,8-10H,1-2H3,(H2,25,28)/t9-,10+/m1/s1. The Bertz CT molecular complexity index is 1250. The number of fused-ring (bicyclic) bond motifs is 1. The molecule has 3 aromatic rings. The summed E-state index contributed by atoms with van der Waals surface area (Å²) in [4.78, 5) is 28.6. The first kappa shape index (κ1) is 20.1. The van der Waals surface area contributed by atoms with Gasteiger partial charge in [0.2, 0.25) is 5.91 Å². The molecule has 0 saturated heterocycles. The van der Waals surface area contributed by atoms with Gasteiger partial charge in [-0.25, -0.2) is 13.2 Å². The molecule has 0 aliphatic carbocycles. The molecule has 148 valence electrons. The number of nitriles is 1. The number of carbonyl (C=O) groups excluding carboxylic acids is 1. The molecule has 0 unspecified atom stereocenters. The summed E-state index contributed by atoms with van der Waals surface area (Å²) >= 11 is 0. The normalized spacial score (nSPS) is 13.1. The summed E-state index contributed by atoms with van der Waals surface area (Å²) in [7, 11) is 0. The summed E-state index contributed by atoms with van der Waals surface area (Å²) in [5.41, 5.74) is 4.21. The molecule has 1 aromatic carbocycles. The zero-order chi connectivity index (χ0) is 21.5. The molecule has 2 N–H and O–H groups in total. The molecule has 0 bridgehead atoms. The van der Waals surface area contributed by atoms with Crippen LogP contribution in [0.5, 0.6) is 0 Å². The van der Waals surface area contributed by atoms with E-state index < -0.39 is 40.9 Å². The van der Waals surface area contributed by atoms with Gasteiger partial charge in [-0.3, -0.25) is 19.1 Å². The molecule has 0 aliphatic rings. The Labute approximate surface area is 163 Å². The van der Waals surface area contributed by atoms with Crippen molar-refractivity contribution in [3.63, 3.8) is 0 Å². The molecule has 2 aromatic heterocycles. The number of benzene rings is 1. The van der Waals surface area contributed by atoms with Crippen LogP contribution >= 0.6 is 0 Å². The second-order valence-electron chi connectivity index (χ2n) is 6.57. The smallest absolute Gasteiger partial charge is 0.255 e. The third-order valence-electron chi connectivity index (χ3n) is 4.81. The fourth-order valence-corrected chi connectivity index (χ4v) is 3.16. The molecule has 0 spiro atoms. The Kier molecular flexibility index (Phi) is 5.12. The van der Waals surface area contributed by atoms with Crippen LogP contribution in [0.15, 0.2) is 35.3 Å². The molecule has 2 atom stereocenters. The van der Waals surface area contributed by atoms with Crippen molar-refractivity contribution < 1.29 is 18.0 Å². The van der Waals surface area contributed by atoms with E-state index in [9.17, 15) is 22.8 Å². The second kappa shape index (κ2) is 7.39. The van der Waals surface area contributed by atoms with E-state index in [1.54, 1.807) is 6.07 Å². The molecular formula is C20H15F3N4O2. The lowest BCUT2D eigenvalue weighted by molar-refractivity contribution is -0.119. The first-order valence-corrected chi connectivity index (χ1v) is 8.55. The van der Waals surface area contributed by atoms with Gasteiger partial charge in [-0.1, -0.05) is 0 Å². The van der Waals surface area contributed by atoms with Crippen molar-refractivity contribution in [2.75, 3.05) is 0 Å². The van der Waals surface area contributed by atoms with Crippen molar-refractivity contribution >= 4 is 16.8 Å². The van der Waals surface area contributed by atoms with Crippen LogP contribution in [0, 0.1) is 28.8 Å². The predicted octanol–water partition coefficient (Wildman–Crippen LogP) is 2.88. The quantitative estimate of drug-likeness (QED) is 0.727. The maximum absolute atomic E-state index is 14.5. The first-order valence-electron chi connectivity index (χ1n) is 8.55. The summed E-state index contributed by atoms with van der Waals surface area (Å²) < 4.78 is 43.8. The van der Waals surface area contributed by atoms with E-state index in [0.717, 1.165) is 29.0 Å². The molecule has 1 amide bonds. The monoisotopic (exact) mass is 400 g/mol. The lowest BCUT2D eigenvalue weighted by Gasteiger charge is -2.21. The van der Waals surface area contributed by atoms with Gasteiger partial charge in [0, 0.05) is 17.1 Å². The Morgan fingerprint density at radius 2 is 1.90 bits per heavy atom. The summed E-state index contributed by atoms with van der Waals surface area (Å²) in [5, 5.41) is 8.61. The van der Waals surface area contributed by atoms with Crippen LogP contribution in [0.1, 0.15) is 42.6 Å². The Morgan fingerprint density at radius 1 is 1.21 bits per heavy atom. The van der Waals surface area contributed by atoms with Gasteiger partial charge in [0.05, 0.1) is 28.7 Å². The van der Waals surface area contributed by atoms with E-state index in [-0.39, 0.29) is 27.7 Å². The van der Waals surface area contributed by atoms with Crippen molar-refractivity contribution in [3.05, 3.63) is 75.1 Å². The van der Waals surface area contributed by atoms with Crippen LogP contribution in [0.3, 0.4) is 0 Å². The average Bonchev–Trinajstić information content (AvgIpc) is 2.69. The van der Waals surface area contributed by atoms with E-state index in [1.807, 2.05) is 0 Å². The van der Waals surface area contributed by atoms with Crippen LogP contribution in [0.25, 0.3) is 10.9 Å². The minimum Gasteiger partial charge on any atom is -0.369 e. The number of aromatic nitrogens is 2. The van der Waals surface area contributed by atoms with Crippen molar-refractivity contribution in [2.24, 2.45) is 5.73 Å². The summed E-state index contributed by atoms with van der Waals surface area (Å²) in [6, 6.07) is 4.77. The van der Waals surface area contributed by atoms with Crippen LogP contribution < -0.4 is 11.3 Å². The van der Waals surface area contributed by atoms with Crippen molar-refractivity contribution in [1.29, 1.82) is 5.26 Å². The largest absolute Gasteiger partial charge is 0.369 e. The van der Waals surface area contributed by atoms with Crippen LogP contribution in [0.2, 0.25) is 0 Å². The average molecular weight is 400 g/mol. The van der Waals surface area contributed by atoms with Gasteiger partial charge in [0.25, 0.3) is 5.56 Å². The zero-order valence-corrected chi connectivity index (χ0v) is 15.4. The van der Waals surface area contributed by atoms with E-state index in [4.69, 9.17) is 11.0 Å². The van der Waals surface area contributed by atoms with E-state index in [0.29, 0.717) is 0 Å². The number of amides is 1. The molecule has 3 rings (SSSR count). The first-order chi connectivity index (χ1) is 13.7. The van der Waals surface area contributed by atoms with Crippen molar-refractivity contribution in [3.8, 4) is 6.07 Å². The van der Waals surface area contributed by atoms with Crippen LogP contribution in [0.4, 0.5) is 13.2 Å². The summed E-state index contributed by atoms with van der Waals surface area (Å²) in [6.07, 6.45) is 1.14. The van der Waals surface area contributed by atoms with Gasteiger partial charge in [-0.2, -0.15) is 5.26 Å². The lowest BCUT2D eigenvalue weighted by Crippen LogP contribution is -2.32. The topological polar surface area (TPSA) is 102 Å². The number of hydrogen-bond donors (Lipinski definition) is 1. The van der Waals surface area contributed by atoms with Gasteiger partial charge >= 0.3 is 0 Å². The molecule has 0 radical (unpaired) electrons. The minimum absolute atomic E-state index is 0.00706. The van der Waals surface area contributed by atoms with Gasteiger partial charge in [-0.15, -0.1) is 0 Å². The highest BCUT2D eigenvalue weighted by atomic mass is 19.2. The zero-order valence-electron chi connectivity index (χ0n) is 15.4. The SMILES string of the molecule is C[C@@H](C(N)=O)c1cc2c(F)c(F)ccc2n([C@@H](C)c2ncc(C#N)cc2F)c1=O. The maximum Gasteiger partial charge on any atom is 0.255 e. The van der Waals surface area contributed by atoms with Crippen molar-refractivity contribution in [1.82, 2.24) is 9.55 Å². The van der Waals surface area contributed by atoms with Gasteiger partial charge < -0.3 is 5.73 Å². The number of nitrogens with two attached hydrogens (primary N) is 1. The fraction of sp³-hybridized carbons (Fsp3) is 0.200. The number of hydrogen-bond acceptors (Lipinski definition) is 4. The highest BCUT2D eigenvalue weighted by Crippen LogP contribution is 2.28. The number of carbonyl (C=O) groups is 1. The van der Waals surface area contributed by atoms with Crippen LogP contribution in [-0.2, 0) is 4.79 Å². The number of nitrogens with zero attached hydrogens (tertiary/aromatic N) is 3. The predicted molar refractivity (Wildman–Crippen MR) is 98.5 cm³/mol. The minimum atomic E-state index is -1.21. The highest BCUT2D eigenvalue weighted by molar-refractivity contribution is 5.85. The summed E-state index contributed by atoms with van der Waals surface area (Å²) in [6.45, 7) is 2.80. The maximum atomic E-state index is 14.5. The van der Waals surface area contributed by atoms with E-state index in [2.05, 4.69) is 4.98 Å². The molecule has 0 saturated carbocycles. The number of rotatable bonds is 4. The molecule has 0 fully saturated rings. The van der Waals surface area contributed by atoms with E-state index in [1.165, 1.54) is 19.9 Å². The van der Waals surface area contributed by atoms with Gasteiger partial charge in [0.15, 0.2) is 11.6 Å². The molecular weight excluding hydrogens is 385 g/mol. The Hall–Kier alpha value is -3.67. The third kappa shape index (κ3) is 3.33. The molecule has 9 heteroatoms. The number of halogens is 3. The third-order valence-corrected chi connectivity index (χ3v) is 4.81. The van der Waals surface area contributed by atoms with Gasteiger partial charge in [0.1, 0.15) is 11.9 Å². The van der Waals surface area contributed by atoms with Crippen molar-refractivity contribution in [2.45, 2.75) is 25.8 Å². The lowest BCUT2D eigenvalue weighted by atomic mass is 9.99.